The van der Waals surface area contributed by atoms with Crippen LogP contribution in [0.2, 0.25) is 0 Å². The van der Waals surface area contributed by atoms with Crippen LogP contribution in [-0.2, 0) is 29.6 Å². The van der Waals surface area contributed by atoms with Crippen molar-refractivity contribution in [2.24, 2.45) is 0 Å². The Morgan fingerprint density at radius 2 is 1.61 bits per heavy atom. The van der Waals surface area contributed by atoms with Gasteiger partial charge in [-0.3, -0.25) is 9.10 Å². The van der Waals surface area contributed by atoms with Crippen LogP contribution in [0.5, 0.6) is 0 Å². The number of nitrogens with one attached hydrogen (secondary N) is 1. The fraction of sp³-hybridized carbons (Fsp3) is 0.333. The molecule has 2 aromatic carbocycles. The molecule has 0 radical (unpaired) electrons. The van der Waals surface area contributed by atoms with Gasteiger partial charge in [0, 0.05) is 19.8 Å². The van der Waals surface area contributed by atoms with Crippen molar-refractivity contribution in [3.05, 3.63) is 53.6 Å². The molecule has 0 aliphatic rings. The number of nitrogens with zero attached hydrogens (tertiary/aromatic N) is 2. The first kappa shape index (κ1) is 26.3. The second kappa shape index (κ2) is 10.3. The van der Waals surface area contributed by atoms with Crippen molar-refractivity contribution in [3.8, 4) is 0 Å². The summed E-state index contributed by atoms with van der Waals surface area (Å²) in [6.07, 6.45) is 0.942. The van der Waals surface area contributed by atoms with Crippen molar-refractivity contribution in [2.75, 3.05) is 43.1 Å². The van der Waals surface area contributed by atoms with Crippen molar-refractivity contribution in [2.45, 2.75) is 18.7 Å². The molecule has 0 aromatic heterocycles. The predicted octanol–water partition coefficient (Wildman–Crippen LogP) is 1.83. The maximum Gasteiger partial charge on any atom is 0.338 e. The standard InChI is InChI=1S/C21H27N3O7S2/c1-6-31-21(26)16-8-7-15(2)19(13-16)22-20(25)14-24(32(5,27)28)17-9-11-18(12-10-17)33(29,30)23(3)4/h7-13H,6,14H2,1-5H3,(H,22,25). The van der Waals surface area contributed by atoms with Gasteiger partial charge in [-0.05, 0) is 55.8 Å². The van der Waals surface area contributed by atoms with Gasteiger partial charge < -0.3 is 10.1 Å². The Morgan fingerprint density at radius 3 is 2.12 bits per heavy atom. The van der Waals surface area contributed by atoms with Gasteiger partial charge in [0.1, 0.15) is 6.54 Å². The van der Waals surface area contributed by atoms with Crippen molar-refractivity contribution in [1.82, 2.24) is 4.31 Å². The molecule has 2 aromatic rings. The molecule has 0 spiro atoms. The summed E-state index contributed by atoms with van der Waals surface area (Å²) in [6, 6.07) is 9.84. The van der Waals surface area contributed by atoms with Gasteiger partial charge in [0.2, 0.25) is 26.0 Å². The fourth-order valence-electron chi connectivity index (χ4n) is 2.81. The van der Waals surface area contributed by atoms with Crippen LogP contribution in [0.1, 0.15) is 22.8 Å². The molecule has 0 saturated carbocycles. The average molecular weight is 498 g/mol. The minimum atomic E-state index is -3.87. The number of hydrogen-bond acceptors (Lipinski definition) is 7. The zero-order valence-electron chi connectivity index (χ0n) is 19.0. The first-order chi connectivity index (χ1) is 15.3. The summed E-state index contributed by atoms with van der Waals surface area (Å²) in [6.45, 7) is 3.05. The summed E-state index contributed by atoms with van der Waals surface area (Å²) in [5, 5.41) is 2.62. The van der Waals surface area contributed by atoms with Crippen molar-refractivity contribution >= 4 is 43.3 Å². The van der Waals surface area contributed by atoms with E-state index in [0.717, 1.165) is 14.9 Å². The molecule has 1 N–H and O–H groups in total. The highest BCUT2D eigenvalue weighted by Crippen LogP contribution is 2.23. The second-order valence-corrected chi connectivity index (χ2v) is 11.4. The number of carbonyl (C=O) groups is 2. The number of hydrogen-bond donors (Lipinski definition) is 1. The topological polar surface area (TPSA) is 130 Å². The Bertz CT molecular complexity index is 1240. The van der Waals surface area contributed by atoms with Gasteiger partial charge in [-0.25, -0.2) is 25.9 Å². The molecule has 1 amide bonds. The van der Waals surface area contributed by atoms with E-state index < -0.39 is 38.5 Å². The number of benzene rings is 2. The van der Waals surface area contributed by atoms with Gasteiger partial charge >= 0.3 is 5.97 Å². The van der Waals surface area contributed by atoms with E-state index in [0.29, 0.717) is 11.3 Å². The molecule has 12 heteroatoms. The third-order valence-electron chi connectivity index (χ3n) is 4.61. The number of amides is 1. The normalized spacial score (nSPS) is 11.8. The Kier molecular flexibility index (Phi) is 8.22. The number of anilines is 2. The van der Waals surface area contributed by atoms with E-state index in [-0.39, 0.29) is 22.8 Å². The minimum Gasteiger partial charge on any atom is -0.462 e. The quantitative estimate of drug-likeness (QED) is 0.523. The SMILES string of the molecule is CCOC(=O)c1ccc(C)c(NC(=O)CN(c2ccc(S(=O)(=O)N(C)C)cc2)S(C)(=O)=O)c1. The van der Waals surface area contributed by atoms with E-state index in [2.05, 4.69) is 5.32 Å². The van der Waals surface area contributed by atoms with E-state index in [1.165, 1.54) is 44.4 Å². The van der Waals surface area contributed by atoms with Crippen LogP contribution in [-0.4, -0.2) is 66.5 Å². The smallest absolute Gasteiger partial charge is 0.338 e. The molecule has 0 fully saturated rings. The van der Waals surface area contributed by atoms with E-state index in [1.54, 1.807) is 26.0 Å². The molecule has 180 valence electrons. The van der Waals surface area contributed by atoms with Gasteiger partial charge in [0.05, 0.1) is 29.0 Å². The molecular weight excluding hydrogens is 470 g/mol. The number of aryl methyl sites for hydroxylation is 1. The summed E-state index contributed by atoms with van der Waals surface area (Å²) in [7, 11) is -4.79. The van der Waals surface area contributed by atoms with E-state index in [1.807, 2.05) is 0 Å². The molecule has 0 bridgehead atoms. The highest BCUT2D eigenvalue weighted by atomic mass is 32.2. The zero-order chi connectivity index (χ0) is 25.0. The number of carbonyl (C=O) groups excluding carboxylic acids is 2. The molecule has 0 unspecified atom stereocenters. The van der Waals surface area contributed by atoms with Crippen LogP contribution in [0.3, 0.4) is 0 Å². The lowest BCUT2D eigenvalue weighted by atomic mass is 10.1. The summed E-state index contributed by atoms with van der Waals surface area (Å²) >= 11 is 0. The molecular formula is C21H27N3O7S2. The van der Waals surface area contributed by atoms with Crippen LogP contribution < -0.4 is 9.62 Å². The lowest BCUT2D eigenvalue weighted by molar-refractivity contribution is -0.114. The third kappa shape index (κ3) is 6.53. The second-order valence-electron chi connectivity index (χ2n) is 7.35. The Morgan fingerprint density at radius 1 is 1.00 bits per heavy atom. The van der Waals surface area contributed by atoms with Crippen LogP contribution in [0.15, 0.2) is 47.4 Å². The molecule has 0 heterocycles. The number of ether oxygens (including phenoxy) is 1. The highest BCUT2D eigenvalue weighted by molar-refractivity contribution is 7.92. The minimum absolute atomic E-state index is 0.0134. The van der Waals surface area contributed by atoms with E-state index in [4.69, 9.17) is 4.74 Å². The van der Waals surface area contributed by atoms with Gasteiger partial charge in [-0.1, -0.05) is 6.07 Å². The predicted molar refractivity (Wildman–Crippen MR) is 125 cm³/mol. The number of rotatable bonds is 9. The summed E-state index contributed by atoms with van der Waals surface area (Å²) in [5.41, 5.74) is 1.38. The molecule has 10 nitrogen and oxygen atoms in total. The average Bonchev–Trinajstić information content (AvgIpc) is 2.73. The summed E-state index contributed by atoms with van der Waals surface area (Å²) < 4.78 is 56.0. The van der Waals surface area contributed by atoms with Crippen LogP contribution >= 0.6 is 0 Å². The van der Waals surface area contributed by atoms with Gasteiger partial charge in [0.25, 0.3) is 0 Å². The Balaban J connectivity index is 2.28. The van der Waals surface area contributed by atoms with E-state index >= 15 is 0 Å². The molecule has 0 aliphatic carbocycles. The van der Waals surface area contributed by atoms with Gasteiger partial charge in [0.15, 0.2) is 0 Å². The zero-order valence-corrected chi connectivity index (χ0v) is 20.7. The number of sulfonamides is 2. The lowest BCUT2D eigenvalue weighted by Gasteiger charge is -2.22. The fourth-order valence-corrected chi connectivity index (χ4v) is 4.57. The molecule has 0 aliphatic heterocycles. The van der Waals surface area contributed by atoms with Gasteiger partial charge in [-0.2, -0.15) is 0 Å². The van der Waals surface area contributed by atoms with Crippen LogP contribution in [0, 0.1) is 6.92 Å². The Hall–Kier alpha value is -2.96. The molecule has 0 atom stereocenters. The third-order valence-corrected chi connectivity index (χ3v) is 7.58. The summed E-state index contributed by atoms with van der Waals surface area (Å²) in [4.78, 5) is 24.6. The van der Waals surface area contributed by atoms with Crippen molar-refractivity contribution in [3.63, 3.8) is 0 Å². The Labute approximate surface area is 194 Å². The largest absolute Gasteiger partial charge is 0.462 e. The van der Waals surface area contributed by atoms with Crippen LogP contribution in [0.4, 0.5) is 11.4 Å². The molecule has 0 saturated heterocycles. The van der Waals surface area contributed by atoms with Crippen molar-refractivity contribution < 1.29 is 31.2 Å². The van der Waals surface area contributed by atoms with Crippen molar-refractivity contribution in [1.29, 1.82) is 0 Å². The first-order valence-corrected chi connectivity index (χ1v) is 13.1. The molecule has 33 heavy (non-hydrogen) atoms. The summed E-state index contributed by atoms with van der Waals surface area (Å²) in [5.74, 6) is -1.19. The first-order valence-electron chi connectivity index (χ1n) is 9.85. The van der Waals surface area contributed by atoms with Gasteiger partial charge in [-0.15, -0.1) is 0 Å². The maximum absolute atomic E-state index is 12.7. The molecule has 2 rings (SSSR count). The van der Waals surface area contributed by atoms with Crippen LogP contribution in [0.25, 0.3) is 0 Å². The highest BCUT2D eigenvalue weighted by Gasteiger charge is 2.23. The van der Waals surface area contributed by atoms with E-state index in [9.17, 15) is 26.4 Å². The monoisotopic (exact) mass is 497 g/mol. The maximum atomic E-state index is 12.7. The number of esters is 1. The lowest BCUT2D eigenvalue weighted by Crippen LogP contribution is -2.37.